The minimum absolute atomic E-state index is 1.12. The van der Waals surface area contributed by atoms with E-state index in [1.165, 1.54) is 38.9 Å². The molecule has 0 N–H and O–H groups in total. The van der Waals surface area contributed by atoms with Crippen LogP contribution in [-0.4, -0.2) is 4.57 Å². The van der Waals surface area contributed by atoms with E-state index in [4.69, 9.17) is 0 Å². The van der Waals surface area contributed by atoms with Crippen molar-refractivity contribution in [1.82, 2.24) is 4.57 Å². The quantitative estimate of drug-likeness (QED) is 0.239. The molecule has 8 rings (SSSR count). The van der Waals surface area contributed by atoms with Crippen molar-refractivity contribution in [3.63, 3.8) is 0 Å². The molecular formula is C36H25N3. The monoisotopic (exact) mass is 499 g/mol. The van der Waals surface area contributed by atoms with E-state index in [1.54, 1.807) is 0 Å². The number of nitrogens with zero attached hydrogens (tertiary/aromatic N) is 3. The van der Waals surface area contributed by atoms with E-state index in [9.17, 15) is 0 Å². The molecule has 1 aromatic heterocycles. The van der Waals surface area contributed by atoms with Gasteiger partial charge in [0.05, 0.1) is 28.1 Å². The molecule has 3 nitrogen and oxygen atoms in total. The van der Waals surface area contributed by atoms with Crippen molar-refractivity contribution in [1.29, 1.82) is 0 Å². The topological polar surface area (TPSA) is 11.4 Å². The molecule has 184 valence electrons. The van der Waals surface area contributed by atoms with Crippen LogP contribution in [0.2, 0.25) is 0 Å². The molecular weight excluding hydrogens is 474 g/mol. The lowest BCUT2D eigenvalue weighted by molar-refractivity contribution is 1.11. The molecule has 1 aliphatic heterocycles. The lowest BCUT2D eigenvalue weighted by Gasteiger charge is -2.34. The van der Waals surface area contributed by atoms with Crippen LogP contribution in [0.25, 0.3) is 27.5 Å². The Bertz CT molecular complexity index is 1920. The maximum atomic E-state index is 2.44. The van der Waals surface area contributed by atoms with E-state index in [0.29, 0.717) is 0 Å². The van der Waals surface area contributed by atoms with Gasteiger partial charge in [-0.1, -0.05) is 84.9 Å². The third-order valence-electron chi connectivity index (χ3n) is 7.64. The first kappa shape index (κ1) is 21.8. The second kappa shape index (κ2) is 8.64. The average molecular weight is 500 g/mol. The molecule has 0 aliphatic carbocycles. The standard InChI is InChI=1S/C36H25N3/c1-4-14-26(15-5-1)37(27-16-6-2-7-17-27)29-24-31-30-20-10-11-21-32(30)39-34-23-13-12-22-33(34)38(35(25-29)36(31)39)28-18-8-3-9-19-28/h1-25H. The van der Waals surface area contributed by atoms with Crippen LogP contribution in [0, 0.1) is 0 Å². The van der Waals surface area contributed by atoms with Crippen LogP contribution in [0.5, 0.6) is 0 Å². The van der Waals surface area contributed by atoms with Gasteiger partial charge in [-0.05, 0) is 66.7 Å². The van der Waals surface area contributed by atoms with Gasteiger partial charge in [-0.15, -0.1) is 0 Å². The van der Waals surface area contributed by atoms with Gasteiger partial charge in [0.1, 0.15) is 0 Å². The Kier molecular flexibility index (Phi) is 4.82. The molecule has 0 fully saturated rings. The van der Waals surface area contributed by atoms with E-state index in [2.05, 4.69) is 166 Å². The second-order valence-corrected chi connectivity index (χ2v) is 9.88. The summed E-state index contributed by atoms with van der Waals surface area (Å²) < 4.78 is 2.44. The lowest BCUT2D eigenvalue weighted by atomic mass is 10.0. The zero-order valence-electron chi connectivity index (χ0n) is 21.3. The summed E-state index contributed by atoms with van der Waals surface area (Å²) in [6.45, 7) is 0. The highest BCUT2D eigenvalue weighted by molar-refractivity contribution is 6.18. The van der Waals surface area contributed by atoms with Crippen LogP contribution in [0.15, 0.2) is 152 Å². The van der Waals surface area contributed by atoms with Crippen molar-refractivity contribution in [2.24, 2.45) is 0 Å². The average Bonchev–Trinajstić information content (AvgIpc) is 3.34. The number of aromatic nitrogens is 1. The number of benzene rings is 6. The zero-order valence-corrected chi connectivity index (χ0v) is 21.3. The summed E-state index contributed by atoms with van der Waals surface area (Å²) in [4.78, 5) is 4.76. The molecule has 6 aromatic carbocycles. The van der Waals surface area contributed by atoms with Crippen molar-refractivity contribution in [2.75, 3.05) is 9.80 Å². The van der Waals surface area contributed by atoms with Gasteiger partial charge in [0, 0.05) is 33.5 Å². The molecule has 7 aromatic rings. The highest BCUT2D eigenvalue weighted by atomic mass is 15.2. The molecule has 0 bridgehead atoms. The minimum Gasteiger partial charge on any atom is -0.310 e. The van der Waals surface area contributed by atoms with Crippen molar-refractivity contribution in [3.05, 3.63) is 152 Å². The summed E-state index contributed by atoms with van der Waals surface area (Å²) in [6, 6.07) is 54.1. The van der Waals surface area contributed by atoms with Crippen LogP contribution in [-0.2, 0) is 0 Å². The highest BCUT2D eigenvalue weighted by Crippen LogP contribution is 2.52. The number of hydrogen-bond acceptors (Lipinski definition) is 2. The largest absolute Gasteiger partial charge is 0.310 e. The molecule has 0 amide bonds. The number of anilines is 6. The Morgan fingerprint density at radius 1 is 0.410 bits per heavy atom. The maximum Gasteiger partial charge on any atom is 0.0784 e. The second-order valence-electron chi connectivity index (χ2n) is 9.88. The summed E-state index contributed by atoms with van der Waals surface area (Å²) in [5.41, 5.74) is 10.5. The van der Waals surface area contributed by atoms with Gasteiger partial charge in [-0.25, -0.2) is 0 Å². The summed E-state index contributed by atoms with van der Waals surface area (Å²) in [5.74, 6) is 0. The molecule has 39 heavy (non-hydrogen) atoms. The normalized spacial score (nSPS) is 12.1. The molecule has 2 heterocycles. The van der Waals surface area contributed by atoms with Crippen molar-refractivity contribution in [2.45, 2.75) is 0 Å². The van der Waals surface area contributed by atoms with Gasteiger partial charge in [0.25, 0.3) is 0 Å². The Morgan fingerprint density at radius 3 is 1.67 bits per heavy atom. The molecule has 0 radical (unpaired) electrons. The van der Waals surface area contributed by atoms with Gasteiger partial charge in [-0.2, -0.15) is 0 Å². The fraction of sp³-hybridized carbons (Fsp3) is 0. The summed E-state index contributed by atoms with van der Waals surface area (Å²) >= 11 is 0. The van der Waals surface area contributed by atoms with Crippen LogP contribution in [0.1, 0.15) is 0 Å². The number of para-hydroxylation sites is 6. The van der Waals surface area contributed by atoms with Crippen molar-refractivity contribution < 1.29 is 0 Å². The number of hydrogen-bond donors (Lipinski definition) is 0. The van der Waals surface area contributed by atoms with Crippen molar-refractivity contribution >= 4 is 55.9 Å². The van der Waals surface area contributed by atoms with Gasteiger partial charge < -0.3 is 14.4 Å². The van der Waals surface area contributed by atoms with Gasteiger partial charge in [-0.3, -0.25) is 0 Å². The number of rotatable bonds is 4. The van der Waals surface area contributed by atoms with E-state index in [0.717, 1.165) is 22.7 Å². The third kappa shape index (κ3) is 3.30. The predicted octanol–water partition coefficient (Wildman–Crippen LogP) is 10.0. The summed E-state index contributed by atoms with van der Waals surface area (Å²) in [6.07, 6.45) is 0. The summed E-state index contributed by atoms with van der Waals surface area (Å²) in [7, 11) is 0. The Hall–Kier alpha value is -5.28. The molecule has 0 saturated carbocycles. The minimum atomic E-state index is 1.12. The first-order valence-electron chi connectivity index (χ1n) is 13.3. The Morgan fingerprint density at radius 2 is 0.974 bits per heavy atom. The zero-order chi connectivity index (χ0) is 25.8. The maximum absolute atomic E-state index is 2.44. The van der Waals surface area contributed by atoms with Gasteiger partial charge >= 0.3 is 0 Å². The van der Waals surface area contributed by atoms with E-state index in [1.807, 2.05) is 0 Å². The smallest absolute Gasteiger partial charge is 0.0784 e. The van der Waals surface area contributed by atoms with Gasteiger partial charge in [0.2, 0.25) is 0 Å². The summed E-state index contributed by atoms with van der Waals surface area (Å²) in [5, 5.41) is 2.49. The molecule has 3 heteroatoms. The molecule has 1 aliphatic rings. The SMILES string of the molecule is c1ccc(N(c2ccccc2)c2cc3c4c(c2)c2ccccc2n4-c2ccccc2N3c2ccccc2)cc1. The predicted molar refractivity (Wildman–Crippen MR) is 164 cm³/mol. The van der Waals surface area contributed by atoms with Crippen LogP contribution in [0.3, 0.4) is 0 Å². The van der Waals surface area contributed by atoms with Gasteiger partial charge in [0.15, 0.2) is 0 Å². The molecule has 0 saturated heterocycles. The Labute approximate surface area is 227 Å². The molecule has 0 unspecified atom stereocenters. The van der Waals surface area contributed by atoms with E-state index >= 15 is 0 Å². The highest BCUT2D eigenvalue weighted by Gasteiger charge is 2.30. The van der Waals surface area contributed by atoms with Crippen LogP contribution in [0.4, 0.5) is 34.1 Å². The number of fused-ring (bicyclic) bond motifs is 5. The fourth-order valence-electron chi connectivity index (χ4n) is 6.04. The first-order valence-corrected chi connectivity index (χ1v) is 13.3. The van der Waals surface area contributed by atoms with Crippen LogP contribution < -0.4 is 9.80 Å². The Balaban J connectivity index is 1.51. The van der Waals surface area contributed by atoms with E-state index < -0.39 is 0 Å². The fourth-order valence-corrected chi connectivity index (χ4v) is 6.04. The third-order valence-corrected chi connectivity index (χ3v) is 7.64. The molecule has 0 atom stereocenters. The van der Waals surface area contributed by atoms with Crippen LogP contribution >= 0.6 is 0 Å². The van der Waals surface area contributed by atoms with Crippen molar-refractivity contribution in [3.8, 4) is 5.69 Å². The van der Waals surface area contributed by atoms with E-state index in [-0.39, 0.29) is 0 Å². The first-order chi connectivity index (χ1) is 19.4. The lowest BCUT2D eigenvalue weighted by Crippen LogP contribution is -2.19. The molecule has 0 spiro atoms.